The van der Waals surface area contributed by atoms with Gasteiger partial charge in [0.1, 0.15) is 17.6 Å². The van der Waals surface area contributed by atoms with Gasteiger partial charge in [0.05, 0.1) is 12.7 Å². The second-order valence-corrected chi connectivity index (χ2v) is 6.14. The first-order valence-corrected chi connectivity index (χ1v) is 8.34. The number of aromatic nitrogens is 1. The monoisotopic (exact) mass is 359 g/mol. The highest BCUT2D eigenvalue weighted by Gasteiger charge is 2.35. The van der Waals surface area contributed by atoms with Gasteiger partial charge in [-0.05, 0) is 43.2 Å². The SMILES string of the molecule is COc1ccc(Cl)cc1C(=O)N1CCC[C@@H]1C(=O)Nc1ccccn1. The van der Waals surface area contributed by atoms with E-state index in [4.69, 9.17) is 16.3 Å². The maximum absolute atomic E-state index is 12.9. The molecule has 0 bridgehead atoms. The van der Waals surface area contributed by atoms with E-state index in [2.05, 4.69) is 10.3 Å². The van der Waals surface area contributed by atoms with E-state index in [1.165, 1.54) is 7.11 Å². The third kappa shape index (κ3) is 3.74. The Balaban J connectivity index is 1.80. The lowest BCUT2D eigenvalue weighted by Crippen LogP contribution is -2.43. The third-order valence-electron chi connectivity index (χ3n) is 4.12. The van der Waals surface area contributed by atoms with Gasteiger partial charge in [0.15, 0.2) is 0 Å². The lowest BCUT2D eigenvalue weighted by atomic mass is 10.1. The predicted molar refractivity (Wildman–Crippen MR) is 94.9 cm³/mol. The van der Waals surface area contributed by atoms with Gasteiger partial charge in [-0.2, -0.15) is 0 Å². The van der Waals surface area contributed by atoms with Gasteiger partial charge >= 0.3 is 0 Å². The number of nitrogens with zero attached hydrogens (tertiary/aromatic N) is 2. The molecule has 1 saturated heterocycles. The first kappa shape index (κ1) is 17.2. The molecule has 2 heterocycles. The van der Waals surface area contributed by atoms with E-state index in [-0.39, 0.29) is 11.8 Å². The fraction of sp³-hybridized carbons (Fsp3) is 0.278. The summed E-state index contributed by atoms with van der Waals surface area (Å²) in [4.78, 5) is 31.2. The molecule has 0 spiro atoms. The molecule has 2 aromatic rings. The number of methoxy groups -OCH3 is 1. The Bertz CT molecular complexity index is 782. The summed E-state index contributed by atoms with van der Waals surface area (Å²) in [6.07, 6.45) is 2.96. The van der Waals surface area contributed by atoms with Gasteiger partial charge in [-0.3, -0.25) is 9.59 Å². The van der Waals surface area contributed by atoms with Crippen LogP contribution in [0.3, 0.4) is 0 Å². The molecule has 3 rings (SSSR count). The highest BCUT2D eigenvalue weighted by Crippen LogP contribution is 2.28. The molecule has 25 heavy (non-hydrogen) atoms. The van der Waals surface area contributed by atoms with E-state index in [0.29, 0.717) is 35.1 Å². The zero-order valence-corrected chi connectivity index (χ0v) is 14.5. The number of benzene rings is 1. The van der Waals surface area contributed by atoms with Gasteiger partial charge in [-0.1, -0.05) is 17.7 Å². The van der Waals surface area contributed by atoms with Crippen molar-refractivity contribution in [2.45, 2.75) is 18.9 Å². The van der Waals surface area contributed by atoms with Crippen LogP contribution in [0.25, 0.3) is 0 Å². The number of carbonyl (C=O) groups excluding carboxylic acids is 2. The molecule has 0 unspecified atom stereocenters. The number of amides is 2. The fourth-order valence-corrected chi connectivity index (χ4v) is 3.10. The molecule has 7 heteroatoms. The number of pyridine rings is 1. The van der Waals surface area contributed by atoms with Crippen LogP contribution < -0.4 is 10.1 Å². The van der Waals surface area contributed by atoms with Crippen molar-refractivity contribution >= 4 is 29.2 Å². The van der Waals surface area contributed by atoms with Crippen molar-refractivity contribution in [3.05, 3.63) is 53.2 Å². The summed E-state index contributed by atoms with van der Waals surface area (Å²) in [6, 6.07) is 9.59. The number of carbonyl (C=O) groups is 2. The highest BCUT2D eigenvalue weighted by molar-refractivity contribution is 6.31. The molecular formula is C18H18ClN3O3. The number of hydrogen-bond donors (Lipinski definition) is 1. The van der Waals surface area contributed by atoms with E-state index in [9.17, 15) is 9.59 Å². The average Bonchev–Trinajstić information content (AvgIpc) is 3.12. The average molecular weight is 360 g/mol. The standard InChI is InChI=1S/C18H18ClN3O3/c1-25-15-8-7-12(19)11-13(15)18(24)22-10-4-5-14(22)17(23)21-16-6-2-3-9-20-16/h2-3,6-9,11,14H,4-5,10H2,1H3,(H,20,21,23)/t14-/m1/s1. The van der Waals surface area contributed by atoms with Crippen LogP contribution >= 0.6 is 11.6 Å². The van der Waals surface area contributed by atoms with Gasteiger partial charge < -0.3 is 15.0 Å². The minimum Gasteiger partial charge on any atom is -0.496 e. The van der Waals surface area contributed by atoms with Crippen molar-refractivity contribution in [3.8, 4) is 5.75 Å². The molecule has 1 aliphatic heterocycles. The molecule has 1 atom stereocenters. The van der Waals surface area contributed by atoms with Crippen molar-refractivity contribution in [2.75, 3.05) is 19.0 Å². The van der Waals surface area contributed by atoms with Crippen LogP contribution in [0, 0.1) is 0 Å². The molecule has 6 nitrogen and oxygen atoms in total. The van der Waals surface area contributed by atoms with Crippen LogP contribution in [0.4, 0.5) is 5.82 Å². The quantitative estimate of drug-likeness (QED) is 0.911. The van der Waals surface area contributed by atoms with Gasteiger partial charge in [0.2, 0.25) is 5.91 Å². The molecular weight excluding hydrogens is 342 g/mol. The topological polar surface area (TPSA) is 71.5 Å². The number of ether oxygens (including phenoxy) is 1. The predicted octanol–water partition coefficient (Wildman–Crippen LogP) is 2.99. The number of halogens is 1. The highest BCUT2D eigenvalue weighted by atomic mass is 35.5. The van der Waals surface area contributed by atoms with Crippen LogP contribution in [0.1, 0.15) is 23.2 Å². The Labute approximate surface area is 150 Å². The summed E-state index contributed by atoms with van der Waals surface area (Å²) < 4.78 is 5.26. The molecule has 0 radical (unpaired) electrons. The first-order valence-electron chi connectivity index (χ1n) is 7.96. The number of hydrogen-bond acceptors (Lipinski definition) is 4. The Morgan fingerprint density at radius 3 is 2.88 bits per heavy atom. The molecule has 1 aromatic heterocycles. The largest absolute Gasteiger partial charge is 0.496 e. The minimum atomic E-state index is -0.543. The third-order valence-corrected chi connectivity index (χ3v) is 4.36. The maximum atomic E-state index is 12.9. The summed E-state index contributed by atoms with van der Waals surface area (Å²) >= 11 is 6.02. The lowest BCUT2D eigenvalue weighted by molar-refractivity contribution is -0.119. The van der Waals surface area contributed by atoms with Crippen molar-refractivity contribution in [2.24, 2.45) is 0 Å². The van der Waals surface area contributed by atoms with E-state index < -0.39 is 6.04 Å². The van der Waals surface area contributed by atoms with Crippen molar-refractivity contribution in [3.63, 3.8) is 0 Å². The Morgan fingerprint density at radius 2 is 2.16 bits per heavy atom. The zero-order chi connectivity index (χ0) is 17.8. The van der Waals surface area contributed by atoms with Crippen LogP contribution in [-0.2, 0) is 4.79 Å². The van der Waals surface area contributed by atoms with Crippen molar-refractivity contribution in [1.29, 1.82) is 0 Å². The number of rotatable bonds is 4. The van der Waals surface area contributed by atoms with Crippen molar-refractivity contribution in [1.82, 2.24) is 9.88 Å². The smallest absolute Gasteiger partial charge is 0.258 e. The van der Waals surface area contributed by atoms with Crippen molar-refractivity contribution < 1.29 is 14.3 Å². The number of likely N-dealkylation sites (tertiary alicyclic amines) is 1. The van der Waals surface area contributed by atoms with Crippen LogP contribution in [0.15, 0.2) is 42.6 Å². The molecule has 1 N–H and O–H groups in total. The number of anilines is 1. The Kier molecular flexibility index (Phi) is 5.19. The molecule has 1 aromatic carbocycles. The Morgan fingerprint density at radius 1 is 1.32 bits per heavy atom. The van der Waals surface area contributed by atoms with Crippen LogP contribution in [-0.4, -0.2) is 41.4 Å². The second-order valence-electron chi connectivity index (χ2n) is 5.71. The zero-order valence-electron chi connectivity index (χ0n) is 13.7. The van der Waals surface area contributed by atoms with Crippen LogP contribution in [0.2, 0.25) is 5.02 Å². The first-order chi connectivity index (χ1) is 12.1. The molecule has 2 amide bonds. The summed E-state index contributed by atoms with van der Waals surface area (Å²) in [6.45, 7) is 0.509. The normalized spacial score (nSPS) is 16.6. The maximum Gasteiger partial charge on any atom is 0.258 e. The van der Waals surface area contributed by atoms with E-state index >= 15 is 0 Å². The summed E-state index contributed by atoms with van der Waals surface area (Å²) in [7, 11) is 1.50. The van der Waals surface area contributed by atoms with E-state index in [1.54, 1.807) is 47.5 Å². The van der Waals surface area contributed by atoms with Gasteiger partial charge in [-0.15, -0.1) is 0 Å². The molecule has 1 fully saturated rings. The fourth-order valence-electron chi connectivity index (χ4n) is 2.93. The van der Waals surface area contributed by atoms with Crippen LogP contribution in [0.5, 0.6) is 5.75 Å². The number of nitrogens with one attached hydrogen (secondary N) is 1. The molecule has 0 aliphatic carbocycles. The second kappa shape index (κ2) is 7.53. The summed E-state index contributed by atoms with van der Waals surface area (Å²) in [5.41, 5.74) is 0.354. The molecule has 130 valence electrons. The van der Waals surface area contributed by atoms with E-state index in [0.717, 1.165) is 6.42 Å². The summed E-state index contributed by atoms with van der Waals surface area (Å²) in [5.74, 6) is 0.390. The lowest BCUT2D eigenvalue weighted by Gasteiger charge is -2.24. The summed E-state index contributed by atoms with van der Waals surface area (Å²) in [5, 5.41) is 3.20. The molecule has 0 saturated carbocycles. The Hall–Kier alpha value is -2.60. The van der Waals surface area contributed by atoms with Gasteiger partial charge in [0.25, 0.3) is 5.91 Å². The minimum absolute atomic E-state index is 0.245. The van der Waals surface area contributed by atoms with E-state index in [1.807, 2.05) is 0 Å². The molecule has 1 aliphatic rings. The van der Waals surface area contributed by atoms with Gasteiger partial charge in [0, 0.05) is 17.8 Å². The van der Waals surface area contributed by atoms with Gasteiger partial charge in [-0.25, -0.2) is 4.98 Å².